The summed E-state index contributed by atoms with van der Waals surface area (Å²) >= 11 is 0. The van der Waals surface area contributed by atoms with Crippen molar-refractivity contribution < 1.29 is 4.52 Å². The molecule has 4 rings (SSSR count). The summed E-state index contributed by atoms with van der Waals surface area (Å²) in [5, 5.41) is 8.56. The molecule has 23 heavy (non-hydrogen) atoms. The van der Waals surface area contributed by atoms with Crippen LogP contribution in [0.3, 0.4) is 0 Å². The van der Waals surface area contributed by atoms with Gasteiger partial charge in [0.1, 0.15) is 0 Å². The van der Waals surface area contributed by atoms with Gasteiger partial charge in [-0.05, 0) is 44.2 Å². The van der Waals surface area contributed by atoms with Gasteiger partial charge in [0.05, 0.1) is 18.8 Å². The molecule has 2 aromatic rings. The first-order valence-electron chi connectivity index (χ1n) is 8.32. The van der Waals surface area contributed by atoms with Gasteiger partial charge in [-0.3, -0.25) is 9.69 Å². The van der Waals surface area contributed by atoms with Crippen molar-refractivity contribution in [1.29, 1.82) is 0 Å². The van der Waals surface area contributed by atoms with Crippen LogP contribution in [0, 0.1) is 6.92 Å². The van der Waals surface area contributed by atoms with Crippen LogP contribution in [0.2, 0.25) is 0 Å². The zero-order chi connectivity index (χ0) is 15.8. The number of likely N-dealkylation sites (tertiary alicyclic amines) is 1. The van der Waals surface area contributed by atoms with Gasteiger partial charge < -0.3 is 4.52 Å². The van der Waals surface area contributed by atoms with Crippen LogP contribution in [0.25, 0.3) is 0 Å². The van der Waals surface area contributed by atoms with Crippen LogP contribution in [-0.2, 0) is 25.9 Å². The lowest BCUT2D eigenvalue weighted by Crippen LogP contribution is -2.37. The van der Waals surface area contributed by atoms with E-state index >= 15 is 0 Å². The number of fused-ring (bicyclic) bond motifs is 1. The molecule has 0 saturated carbocycles. The average molecular weight is 315 g/mol. The summed E-state index contributed by atoms with van der Waals surface area (Å²) in [6, 6.07) is 2.08. The van der Waals surface area contributed by atoms with Crippen LogP contribution in [0.1, 0.15) is 42.2 Å². The molecular weight excluding hydrogens is 294 g/mol. The monoisotopic (exact) mass is 315 g/mol. The Balaban J connectivity index is 1.50. The second-order valence-corrected chi connectivity index (χ2v) is 6.49. The van der Waals surface area contributed by atoms with Gasteiger partial charge in [-0.2, -0.15) is 10.1 Å². The Morgan fingerprint density at radius 1 is 1.35 bits per heavy atom. The molecule has 2 aliphatic rings. The zero-order valence-electron chi connectivity index (χ0n) is 13.4. The lowest BCUT2D eigenvalue weighted by Gasteiger charge is -2.23. The summed E-state index contributed by atoms with van der Waals surface area (Å²) in [6.07, 6.45) is 5.29. The van der Waals surface area contributed by atoms with Crippen molar-refractivity contribution >= 4 is 0 Å². The molecule has 1 aliphatic heterocycles. The SMILES string of the molecule is Cc1nc(CN2CCCC2Cn2nc3c(cc2=O)CCC3)no1. The second-order valence-electron chi connectivity index (χ2n) is 6.49. The van der Waals surface area contributed by atoms with Gasteiger partial charge in [-0.15, -0.1) is 0 Å². The first-order valence-corrected chi connectivity index (χ1v) is 8.32. The molecule has 1 saturated heterocycles. The van der Waals surface area contributed by atoms with E-state index in [1.54, 1.807) is 17.7 Å². The maximum Gasteiger partial charge on any atom is 0.267 e. The number of hydrogen-bond acceptors (Lipinski definition) is 6. The Kier molecular flexibility index (Phi) is 3.72. The van der Waals surface area contributed by atoms with Crippen LogP contribution in [0.15, 0.2) is 15.4 Å². The van der Waals surface area contributed by atoms with Gasteiger partial charge in [0.2, 0.25) is 5.89 Å². The molecule has 0 spiro atoms. The van der Waals surface area contributed by atoms with E-state index in [4.69, 9.17) is 4.52 Å². The molecule has 0 N–H and O–H groups in total. The highest BCUT2D eigenvalue weighted by Crippen LogP contribution is 2.21. The van der Waals surface area contributed by atoms with Crippen molar-refractivity contribution in [3.8, 4) is 0 Å². The molecule has 1 unspecified atom stereocenters. The van der Waals surface area contributed by atoms with E-state index in [-0.39, 0.29) is 5.56 Å². The maximum atomic E-state index is 12.3. The van der Waals surface area contributed by atoms with Crippen molar-refractivity contribution in [2.45, 2.75) is 58.2 Å². The summed E-state index contributed by atoms with van der Waals surface area (Å²) in [5.41, 5.74) is 2.26. The standard InChI is InChI=1S/C16H21N5O2/c1-11-17-15(19-23-11)10-20-7-3-5-13(20)9-21-16(22)8-12-4-2-6-14(12)18-21/h8,13H,2-7,9-10H2,1H3. The number of aromatic nitrogens is 4. The maximum absolute atomic E-state index is 12.3. The van der Waals surface area contributed by atoms with Crippen molar-refractivity contribution in [1.82, 2.24) is 24.8 Å². The molecule has 0 bridgehead atoms. The quantitative estimate of drug-likeness (QED) is 0.840. The Hall–Kier alpha value is -2.02. The highest BCUT2D eigenvalue weighted by molar-refractivity contribution is 5.22. The molecule has 7 heteroatoms. The third-order valence-corrected chi connectivity index (χ3v) is 4.82. The smallest absolute Gasteiger partial charge is 0.267 e. The molecule has 0 aromatic carbocycles. The molecule has 0 amide bonds. The summed E-state index contributed by atoms with van der Waals surface area (Å²) in [6.45, 7) is 4.11. The number of hydrogen-bond donors (Lipinski definition) is 0. The van der Waals surface area contributed by atoms with E-state index in [1.165, 1.54) is 0 Å². The summed E-state index contributed by atoms with van der Waals surface area (Å²) in [5.74, 6) is 1.30. The van der Waals surface area contributed by atoms with Crippen molar-refractivity contribution in [3.05, 3.63) is 39.4 Å². The number of rotatable bonds is 4. The Labute approximate surface area is 134 Å². The minimum atomic E-state index is 0.0212. The molecule has 1 fully saturated rings. The summed E-state index contributed by atoms with van der Waals surface area (Å²) in [7, 11) is 0. The van der Waals surface area contributed by atoms with E-state index in [9.17, 15) is 4.79 Å². The minimum absolute atomic E-state index is 0.0212. The van der Waals surface area contributed by atoms with Gasteiger partial charge in [0.25, 0.3) is 5.56 Å². The van der Waals surface area contributed by atoms with Crippen molar-refractivity contribution in [2.24, 2.45) is 0 Å². The molecular formula is C16H21N5O2. The second kappa shape index (κ2) is 5.88. The zero-order valence-corrected chi connectivity index (χ0v) is 13.4. The number of aryl methyl sites for hydroxylation is 3. The molecule has 122 valence electrons. The van der Waals surface area contributed by atoms with Gasteiger partial charge in [-0.25, -0.2) is 4.68 Å². The first kappa shape index (κ1) is 14.6. The van der Waals surface area contributed by atoms with E-state index < -0.39 is 0 Å². The lowest BCUT2D eigenvalue weighted by molar-refractivity contribution is 0.209. The summed E-state index contributed by atoms with van der Waals surface area (Å²) < 4.78 is 6.69. The topological polar surface area (TPSA) is 77.1 Å². The average Bonchev–Trinajstić information content (AvgIpc) is 3.23. The van der Waals surface area contributed by atoms with Crippen LogP contribution >= 0.6 is 0 Å². The van der Waals surface area contributed by atoms with Gasteiger partial charge >= 0.3 is 0 Å². The Morgan fingerprint density at radius 2 is 2.26 bits per heavy atom. The Bertz CT molecular complexity index is 766. The van der Waals surface area contributed by atoms with Gasteiger partial charge in [-0.1, -0.05) is 5.16 Å². The molecule has 7 nitrogen and oxygen atoms in total. The summed E-state index contributed by atoms with van der Waals surface area (Å²) in [4.78, 5) is 18.9. The van der Waals surface area contributed by atoms with Crippen LogP contribution < -0.4 is 5.56 Å². The fourth-order valence-corrected chi connectivity index (χ4v) is 3.67. The minimum Gasteiger partial charge on any atom is -0.340 e. The Morgan fingerprint density at radius 3 is 3.09 bits per heavy atom. The lowest BCUT2D eigenvalue weighted by atomic mass is 10.2. The van der Waals surface area contributed by atoms with E-state index in [0.717, 1.165) is 49.9 Å². The molecule has 1 aliphatic carbocycles. The fraction of sp³-hybridized carbons (Fsp3) is 0.625. The largest absolute Gasteiger partial charge is 0.340 e. The highest BCUT2D eigenvalue weighted by Gasteiger charge is 2.27. The van der Waals surface area contributed by atoms with Gasteiger partial charge in [0, 0.05) is 19.0 Å². The van der Waals surface area contributed by atoms with Crippen LogP contribution in [0.5, 0.6) is 0 Å². The number of nitrogens with zero attached hydrogens (tertiary/aromatic N) is 5. The highest BCUT2D eigenvalue weighted by atomic mass is 16.5. The normalized spacial score (nSPS) is 21.0. The van der Waals surface area contributed by atoms with Crippen LogP contribution in [-0.4, -0.2) is 37.4 Å². The third kappa shape index (κ3) is 2.93. The van der Waals surface area contributed by atoms with E-state index in [2.05, 4.69) is 20.1 Å². The van der Waals surface area contributed by atoms with Gasteiger partial charge in [0.15, 0.2) is 5.82 Å². The third-order valence-electron chi connectivity index (χ3n) is 4.82. The van der Waals surface area contributed by atoms with Crippen LogP contribution in [0.4, 0.5) is 0 Å². The fourth-order valence-electron chi connectivity index (χ4n) is 3.67. The van der Waals surface area contributed by atoms with Crippen molar-refractivity contribution in [2.75, 3.05) is 6.54 Å². The predicted molar refractivity (Wildman–Crippen MR) is 83.0 cm³/mol. The molecule has 3 heterocycles. The molecule has 0 radical (unpaired) electrons. The molecule has 1 atom stereocenters. The van der Waals surface area contributed by atoms with E-state index in [0.29, 0.717) is 30.8 Å². The van der Waals surface area contributed by atoms with E-state index in [1.807, 2.05) is 0 Å². The predicted octanol–water partition coefficient (Wildman–Crippen LogP) is 1.09. The van der Waals surface area contributed by atoms with Crippen molar-refractivity contribution in [3.63, 3.8) is 0 Å². The molecule has 2 aromatic heterocycles. The first-order chi connectivity index (χ1) is 11.2.